The van der Waals surface area contributed by atoms with E-state index in [4.69, 9.17) is 10.5 Å². The Labute approximate surface area is 188 Å². The van der Waals surface area contributed by atoms with Crippen LogP contribution >= 0.6 is 24.0 Å². The highest BCUT2D eigenvalue weighted by Crippen LogP contribution is 2.26. The molecule has 0 aromatic heterocycles. The van der Waals surface area contributed by atoms with Crippen LogP contribution in [-0.2, 0) is 17.9 Å². The number of rotatable bonds is 7. The van der Waals surface area contributed by atoms with Gasteiger partial charge in [0.05, 0.1) is 19.3 Å². The summed E-state index contributed by atoms with van der Waals surface area (Å²) in [6.07, 6.45) is -4.72. The first-order valence-electron chi connectivity index (χ1n) is 8.49. The molecule has 2 rings (SSSR count). The smallest absolute Gasteiger partial charge is 0.495 e. The number of ether oxygens (including phenoxy) is 2. The molecule has 164 valence electrons. The zero-order valence-corrected chi connectivity index (χ0v) is 18.6. The molecule has 0 spiro atoms. The molecule has 0 saturated carbocycles. The number of aliphatic imine (C=N–C) groups is 1. The summed E-state index contributed by atoms with van der Waals surface area (Å²) in [5.41, 5.74) is 7.86. The number of nitrogens with zero attached hydrogens (tertiary/aromatic N) is 1. The van der Waals surface area contributed by atoms with Gasteiger partial charge >= 0.3 is 6.36 Å². The van der Waals surface area contributed by atoms with Crippen LogP contribution in [0, 0.1) is 0 Å². The molecule has 0 bridgehead atoms. The van der Waals surface area contributed by atoms with Crippen molar-refractivity contribution in [2.24, 2.45) is 10.7 Å². The summed E-state index contributed by atoms with van der Waals surface area (Å²) in [5.74, 6) is 0.170. The Balaban J connectivity index is 0.00000450. The average molecular weight is 538 g/mol. The Morgan fingerprint density at radius 3 is 2.33 bits per heavy atom. The Kier molecular flexibility index (Phi) is 9.69. The van der Waals surface area contributed by atoms with Crippen LogP contribution in [-0.4, -0.2) is 25.3 Å². The third-order valence-corrected chi connectivity index (χ3v) is 3.64. The minimum atomic E-state index is -4.72. The van der Waals surface area contributed by atoms with Crippen LogP contribution in [0.3, 0.4) is 0 Å². The van der Waals surface area contributed by atoms with E-state index in [-0.39, 0.29) is 54.7 Å². The lowest BCUT2D eigenvalue weighted by atomic mass is 10.2. The number of guanidine groups is 1. The van der Waals surface area contributed by atoms with Crippen molar-refractivity contribution < 1.29 is 27.4 Å². The Morgan fingerprint density at radius 1 is 1.13 bits per heavy atom. The van der Waals surface area contributed by atoms with E-state index in [1.54, 1.807) is 18.2 Å². The number of carbonyl (C=O) groups excluding carboxylic acids is 1. The number of methoxy groups -OCH3 is 1. The molecule has 7 nitrogen and oxygen atoms in total. The lowest BCUT2D eigenvalue weighted by Crippen LogP contribution is -2.31. The Morgan fingerprint density at radius 2 is 1.77 bits per heavy atom. The van der Waals surface area contributed by atoms with Gasteiger partial charge in [-0.1, -0.05) is 18.2 Å². The zero-order chi connectivity index (χ0) is 21.4. The fourth-order valence-electron chi connectivity index (χ4n) is 2.37. The largest absolute Gasteiger partial charge is 0.573 e. The van der Waals surface area contributed by atoms with Gasteiger partial charge in [0, 0.05) is 13.5 Å². The van der Waals surface area contributed by atoms with Crippen molar-refractivity contribution in [1.82, 2.24) is 5.32 Å². The molecule has 0 radical (unpaired) electrons. The van der Waals surface area contributed by atoms with Gasteiger partial charge in [0.15, 0.2) is 5.96 Å². The number of hydrogen-bond donors (Lipinski definition) is 3. The molecule has 0 aliphatic heterocycles. The average Bonchev–Trinajstić information content (AvgIpc) is 2.64. The Bertz CT molecular complexity index is 874. The fraction of sp³-hybridized carbons (Fsp3) is 0.263. The predicted octanol–water partition coefficient (Wildman–Crippen LogP) is 3.77. The van der Waals surface area contributed by atoms with E-state index >= 15 is 0 Å². The molecule has 30 heavy (non-hydrogen) atoms. The van der Waals surface area contributed by atoms with Gasteiger partial charge in [-0.3, -0.25) is 4.79 Å². The van der Waals surface area contributed by atoms with Gasteiger partial charge in [-0.05, 0) is 35.4 Å². The SMILES string of the molecule is COc1ccc(CN=C(N)NCc2ccc(OC(F)(F)F)cc2)cc1NC(C)=O.I. The molecule has 0 aliphatic carbocycles. The van der Waals surface area contributed by atoms with E-state index in [0.717, 1.165) is 5.56 Å². The molecule has 0 aliphatic rings. The van der Waals surface area contributed by atoms with Gasteiger partial charge < -0.3 is 25.8 Å². The number of amides is 1. The molecule has 0 saturated heterocycles. The second kappa shape index (κ2) is 11.5. The molecular weight excluding hydrogens is 516 g/mol. The number of benzene rings is 2. The molecule has 0 fully saturated rings. The van der Waals surface area contributed by atoms with Crippen LogP contribution < -0.4 is 25.8 Å². The van der Waals surface area contributed by atoms with E-state index in [0.29, 0.717) is 17.0 Å². The lowest BCUT2D eigenvalue weighted by molar-refractivity contribution is -0.274. The molecule has 0 atom stereocenters. The summed E-state index contributed by atoms with van der Waals surface area (Å²) >= 11 is 0. The second-order valence-electron chi connectivity index (χ2n) is 5.96. The topological polar surface area (TPSA) is 98.0 Å². The summed E-state index contributed by atoms with van der Waals surface area (Å²) < 4.78 is 45.5. The summed E-state index contributed by atoms with van der Waals surface area (Å²) in [6.45, 7) is 1.93. The molecule has 4 N–H and O–H groups in total. The fourth-order valence-corrected chi connectivity index (χ4v) is 2.37. The van der Waals surface area contributed by atoms with E-state index in [9.17, 15) is 18.0 Å². The third kappa shape index (κ3) is 8.76. The molecular formula is C19H22F3IN4O3. The third-order valence-electron chi connectivity index (χ3n) is 3.64. The van der Waals surface area contributed by atoms with Crippen LogP contribution in [0.4, 0.5) is 18.9 Å². The molecule has 1 amide bonds. The molecule has 0 unspecified atom stereocenters. The van der Waals surface area contributed by atoms with Crippen molar-refractivity contribution in [1.29, 1.82) is 0 Å². The number of nitrogens with one attached hydrogen (secondary N) is 2. The maximum atomic E-state index is 12.2. The van der Waals surface area contributed by atoms with Gasteiger partial charge in [0.25, 0.3) is 0 Å². The normalized spacial score (nSPS) is 11.3. The van der Waals surface area contributed by atoms with E-state index in [1.807, 2.05) is 0 Å². The van der Waals surface area contributed by atoms with Crippen molar-refractivity contribution in [3.8, 4) is 11.5 Å². The van der Waals surface area contributed by atoms with Gasteiger partial charge in [-0.25, -0.2) is 4.99 Å². The molecule has 2 aromatic carbocycles. The number of anilines is 1. The number of alkyl halides is 3. The summed E-state index contributed by atoms with van der Waals surface area (Å²) in [5, 5.41) is 5.55. The zero-order valence-electron chi connectivity index (χ0n) is 16.2. The van der Waals surface area contributed by atoms with Crippen molar-refractivity contribution >= 4 is 41.5 Å². The monoisotopic (exact) mass is 538 g/mol. The van der Waals surface area contributed by atoms with Crippen LogP contribution in [0.5, 0.6) is 11.5 Å². The number of halogens is 4. The predicted molar refractivity (Wildman–Crippen MR) is 118 cm³/mol. The molecule has 0 heterocycles. The van der Waals surface area contributed by atoms with Crippen LogP contribution in [0.15, 0.2) is 47.5 Å². The van der Waals surface area contributed by atoms with Gasteiger partial charge in [-0.15, -0.1) is 37.1 Å². The number of nitrogens with two attached hydrogens (primary N) is 1. The minimum absolute atomic E-state index is 0. The first-order valence-corrected chi connectivity index (χ1v) is 8.49. The summed E-state index contributed by atoms with van der Waals surface area (Å²) in [6, 6.07) is 10.7. The van der Waals surface area contributed by atoms with Gasteiger partial charge in [0.1, 0.15) is 11.5 Å². The summed E-state index contributed by atoms with van der Waals surface area (Å²) in [7, 11) is 1.50. The van der Waals surface area contributed by atoms with E-state index < -0.39 is 6.36 Å². The highest BCUT2D eigenvalue weighted by Gasteiger charge is 2.30. The maximum Gasteiger partial charge on any atom is 0.573 e. The maximum absolute atomic E-state index is 12.2. The standard InChI is InChI=1S/C19H21F3N4O3.HI/c1-12(27)26-16-9-14(5-8-17(16)28-2)11-25-18(23)24-10-13-3-6-15(7-4-13)29-19(20,21)22;/h3-9H,10-11H2,1-2H3,(H,26,27)(H3,23,24,25);1H. The van der Waals surface area contributed by atoms with Gasteiger partial charge in [0.2, 0.25) is 5.91 Å². The number of carbonyl (C=O) groups is 1. The van der Waals surface area contributed by atoms with Crippen molar-refractivity contribution in [3.63, 3.8) is 0 Å². The van der Waals surface area contributed by atoms with E-state index in [2.05, 4.69) is 20.4 Å². The molecule has 2 aromatic rings. The lowest BCUT2D eigenvalue weighted by Gasteiger charge is -2.11. The minimum Gasteiger partial charge on any atom is -0.495 e. The van der Waals surface area contributed by atoms with Crippen LogP contribution in [0.25, 0.3) is 0 Å². The summed E-state index contributed by atoms with van der Waals surface area (Å²) in [4.78, 5) is 15.5. The quantitative estimate of drug-likeness (QED) is 0.283. The highest BCUT2D eigenvalue weighted by molar-refractivity contribution is 14.0. The van der Waals surface area contributed by atoms with Crippen molar-refractivity contribution in [3.05, 3.63) is 53.6 Å². The second-order valence-corrected chi connectivity index (χ2v) is 5.96. The molecule has 11 heteroatoms. The van der Waals surface area contributed by atoms with Gasteiger partial charge in [-0.2, -0.15) is 0 Å². The highest BCUT2D eigenvalue weighted by atomic mass is 127. The number of hydrogen-bond acceptors (Lipinski definition) is 4. The first-order chi connectivity index (χ1) is 13.7. The Hall–Kier alpha value is -2.70. The van der Waals surface area contributed by atoms with Crippen LogP contribution in [0.2, 0.25) is 0 Å². The van der Waals surface area contributed by atoms with Crippen molar-refractivity contribution in [2.75, 3.05) is 12.4 Å². The van der Waals surface area contributed by atoms with E-state index in [1.165, 1.54) is 38.3 Å². The van der Waals surface area contributed by atoms with Crippen molar-refractivity contribution in [2.45, 2.75) is 26.4 Å². The first kappa shape index (κ1) is 25.3. The van der Waals surface area contributed by atoms with Crippen LogP contribution in [0.1, 0.15) is 18.1 Å².